The number of amides is 1. The van der Waals surface area contributed by atoms with Gasteiger partial charge in [0.05, 0.1) is 18.5 Å². The van der Waals surface area contributed by atoms with E-state index in [0.29, 0.717) is 30.4 Å². The Labute approximate surface area is 198 Å². The van der Waals surface area contributed by atoms with Crippen molar-refractivity contribution in [2.75, 3.05) is 6.61 Å². The molecule has 0 bridgehead atoms. The lowest BCUT2D eigenvalue weighted by atomic mass is 10.1. The standard InChI is InChI=1S/C27H26N4O3/c1-3-33-26-7-5-4-6-22(26)17-28-31-27(32)25-16-24(29-30-25)21-12-14-23(15-13-21)34-18-20-10-8-19(2)9-11-20/h4-17H,3,18H2,1-2H3,(H,29,30)(H,31,32)/b28-17-. The molecule has 0 radical (unpaired) electrons. The van der Waals surface area contributed by atoms with E-state index in [1.807, 2.05) is 55.5 Å². The molecule has 0 saturated heterocycles. The van der Waals surface area contributed by atoms with Crippen LogP contribution in [0.1, 0.15) is 34.1 Å². The Kier molecular flexibility index (Phi) is 7.35. The maximum atomic E-state index is 12.4. The molecule has 172 valence electrons. The molecule has 0 aliphatic heterocycles. The van der Waals surface area contributed by atoms with Gasteiger partial charge in [-0.1, -0.05) is 42.0 Å². The van der Waals surface area contributed by atoms with E-state index in [2.05, 4.69) is 51.9 Å². The number of nitrogens with one attached hydrogen (secondary N) is 2. The smallest absolute Gasteiger partial charge is 0.289 e. The molecule has 7 heteroatoms. The molecule has 4 aromatic rings. The number of hydrogen-bond acceptors (Lipinski definition) is 5. The molecular weight excluding hydrogens is 428 g/mol. The summed E-state index contributed by atoms with van der Waals surface area (Å²) in [5, 5.41) is 11.0. The number of para-hydroxylation sites is 1. The molecule has 1 amide bonds. The zero-order valence-electron chi connectivity index (χ0n) is 19.1. The highest BCUT2D eigenvalue weighted by atomic mass is 16.5. The second kappa shape index (κ2) is 11.0. The predicted octanol–water partition coefficient (Wildman–Crippen LogP) is 5.13. The first-order chi connectivity index (χ1) is 16.6. The summed E-state index contributed by atoms with van der Waals surface area (Å²) in [5.41, 5.74) is 7.45. The molecule has 3 aromatic carbocycles. The molecule has 0 saturated carbocycles. The molecule has 2 N–H and O–H groups in total. The Hall–Kier alpha value is -4.39. The molecule has 0 atom stereocenters. The van der Waals surface area contributed by atoms with E-state index in [1.54, 1.807) is 12.3 Å². The minimum atomic E-state index is -0.387. The van der Waals surface area contributed by atoms with Gasteiger partial charge in [0.15, 0.2) is 0 Å². The van der Waals surface area contributed by atoms with Crippen molar-refractivity contribution in [3.05, 3.63) is 101 Å². The summed E-state index contributed by atoms with van der Waals surface area (Å²) in [7, 11) is 0. The van der Waals surface area contributed by atoms with Gasteiger partial charge in [-0.25, -0.2) is 5.43 Å². The third kappa shape index (κ3) is 5.89. The van der Waals surface area contributed by atoms with Gasteiger partial charge in [0.25, 0.3) is 5.91 Å². The highest BCUT2D eigenvalue weighted by molar-refractivity contribution is 5.94. The number of aryl methyl sites for hydroxylation is 1. The number of carbonyl (C=O) groups is 1. The van der Waals surface area contributed by atoms with Crippen LogP contribution in [0.3, 0.4) is 0 Å². The number of carbonyl (C=O) groups excluding carboxylic acids is 1. The van der Waals surface area contributed by atoms with Crippen molar-refractivity contribution in [2.45, 2.75) is 20.5 Å². The molecule has 0 aliphatic rings. The third-order valence-electron chi connectivity index (χ3n) is 5.09. The normalized spacial score (nSPS) is 10.9. The molecule has 1 heterocycles. The minimum Gasteiger partial charge on any atom is -0.493 e. The van der Waals surface area contributed by atoms with Crippen molar-refractivity contribution in [1.82, 2.24) is 15.6 Å². The van der Waals surface area contributed by atoms with Crippen LogP contribution in [0.5, 0.6) is 11.5 Å². The van der Waals surface area contributed by atoms with Crippen molar-refractivity contribution in [2.24, 2.45) is 5.10 Å². The monoisotopic (exact) mass is 454 g/mol. The number of aromatic nitrogens is 2. The maximum absolute atomic E-state index is 12.4. The molecule has 4 rings (SSSR count). The summed E-state index contributed by atoms with van der Waals surface area (Å²) < 4.78 is 11.4. The molecule has 0 aliphatic carbocycles. The number of aromatic amines is 1. The van der Waals surface area contributed by atoms with E-state index >= 15 is 0 Å². The van der Waals surface area contributed by atoms with Crippen LogP contribution in [0.25, 0.3) is 11.3 Å². The number of H-pyrrole nitrogens is 1. The summed E-state index contributed by atoms with van der Waals surface area (Å²) >= 11 is 0. The van der Waals surface area contributed by atoms with Crippen molar-refractivity contribution in [3.8, 4) is 22.8 Å². The molecule has 0 unspecified atom stereocenters. The van der Waals surface area contributed by atoms with Crippen LogP contribution in [0, 0.1) is 6.92 Å². The van der Waals surface area contributed by atoms with Gasteiger partial charge < -0.3 is 9.47 Å². The van der Waals surface area contributed by atoms with Gasteiger partial charge >= 0.3 is 0 Å². The van der Waals surface area contributed by atoms with Crippen LogP contribution in [0.4, 0.5) is 0 Å². The van der Waals surface area contributed by atoms with Crippen LogP contribution in [0.2, 0.25) is 0 Å². The topological polar surface area (TPSA) is 88.6 Å². The largest absolute Gasteiger partial charge is 0.493 e. The second-order valence-corrected chi connectivity index (χ2v) is 7.64. The average molecular weight is 455 g/mol. The molecule has 34 heavy (non-hydrogen) atoms. The van der Waals surface area contributed by atoms with E-state index in [4.69, 9.17) is 9.47 Å². The van der Waals surface area contributed by atoms with E-state index in [1.165, 1.54) is 5.56 Å². The summed E-state index contributed by atoms with van der Waals surface area (Å²) in [5.74, 6) is 1.08. The van der Waals surface area contributed by atoms with Gasteiger partial charge in [-0.3, -0.25) is 9.89 Å². The summed E-state index contributed by atoms with van der Waals surface area (Å²) in [6, 6.07) is 25.0. The SMILES string of the molecule is CCOc1ccccc1/C=N\NC(=O)c1cc(-c2ccc(OCc3ccc(C)cc3)cc2)n[nH]1. The number of nitrogens with zero attached hydrogens (tertiary/aromatic N) is 2. The Morgan fingerprint density at radius 1 is 1.03 bits per heavy atom. The van der Waals surface area contributed by atoms with E-state index < -0.39 is 0 Å². The van der Waals surface area contributed by atoms with Gasteiger partial charge in [-0.15, -0.1) is 0 Å². The first-order valence-corrected chi connectivity index (χ1v) is 11.0. The number of hydrogen-bond donors (Lipinski definition) is 2. The first kappa shape index (κ1) is 22.8. The molecule has 0 fully saturated rings. The number of rotatable bonds is 9. The van der Waals surface area contributed by atoms with Gasteiger partial charge in [0, 0.05) is 11.1 Å². The lowest BCUT2D eigenvalue weighted by Crippen LogP contribution is -2.18. The molecule has 7 nitrogen and oxygen atoms in total. The van der Waals surface area contributed by atoms with Crippen LogP contribution >= 0.6 is 0 Å². The highest BCUT2D eigenvalue weighted by Crippen LogP contribution is 2.22. The summed E-state index contributed by atoms with van der Waals surface area (Å²) in [4.78, 5) is 12.4. The Morgan fingerprint density at radius 2 is 1.79 bits per heavy atom. The van der Waals surface area contributed by atoms with Crippen molar-refractivity contribution in [3.63, 3.8) is 0 Å². The van der Waals surface area contributed by atoms with E-state index in [0.717, 1.165) is 22.4 Å². The minimum absolute atomic E-state index is 0.310. The van der Waals surface area contributed by atoms with Crippen LogP contribution in [-0.4, -0.2) is 28.9 Å². The average Bonchev–Trinajstić information content (AvgIpc) is 3.36. The van der Waals surface area contributed by atoms with Gasteiger partial charge in [0.1, 0.15) is 23.8 Å². The highest BCUT2D eigenvalue weighted by Gasteiger charge is 2.11. The van der Waals surface area contributed by atoms with Gasteiger partial charge in [-0.05, 0) is 61.9 Å². The lowest BCUT2D eigenvalue weighted by Gasteiger charge is -2.07. The fourth-order valence-electron chi connectivity index (χ4n) is 3.25. The van der Waals surface area contributed by atoms with Crippen molar-refractivity contribution in [1.29, 1.82) is 0 Å². The fraction of sp³-hybridized carbons (Fsp3) is 0.148. The molecule has 0 spiro atoms. The molecular formula is C27H26N4O3. The van der Waals surface area contributed by atoms with Crippen LogP contribution in [0.15, 0.2) is 84.0 Å². The second-order valence-electron chi connectivity index (χ2n) is 7.64. The Balaban J connectivity index is 1.34. The zero-order chi connectivity index (χ0) is 23.8. The fourth-order valence-corrected chi connectivity index (χ4v) is 3.25. The van der Waals surface area contributed by atoms with Crippen LogP contribution < -0.4 is 14.9 Å². The Morgan fingerprint density at radius 3 is 2.56 bits per heavy atom. The number of hydrazone groups is 1. The summed E-state index contributed by atoms with van der Waals surface area (Å²) in [6.45, 7) is 5.03. The summed E-state index contributed by atoms with van der Waals surface area (Å²) in [6.07, 6.45) is 1.55. The molecule has 1 aromatic heterocycles. The van der Waals surface area contributed by atoms with Crippen molar-refractivity contribution < 1.29 is 14.3 Å². The first-order valence-electron chi connectivity index (χ1n) is 11.0. The van der Waals surface area contributed by atoms with E-state index in [9.17, 15) is 4.79 Å². The lowest BCUT2D eigenvalue weighted by molar-refractivity contribution is 0.0950. The maximum Gasteiger partial charge on any atom is 0.289 e. The quantitative estimate of drug-likeness (QED) is 0.271. The zero-order valence-corrected chi connectivity index (χ0v) is 19.1. The number of benzene rings is 3. The third-order valence-corrected chi connectivity index (χ3v) is 5.09. The van der Waals surface area contributed by atoms with Crippen LogP contribution in [-0.2, 0) is 6.61 Å². The Bertz CT molecular complexity index is 1260. The van der Waals surface area contributed by atoms with Crippen molar-refractivity contribution >= 4 is 12.1 Å². The van der Waals surface area contributed by atoms with Gasteiger partial charge in [-0.2, -0.15) is 10.2 Å². The van der Waals surface area contributed by atoms with Gasteiger partial charge in [0.2, 0.25) is 0 Å². The predicted molar refractivity (Wildman–Crippen MR) is 132 cm³/mol. The number of ether oxygens (including phenoxy) is 2. The van der Waals surface area contributed by atoms with E-state index in [-0.39, 0.29) is 5.91 Å².